The zero-order valence-electron chi connectivity index (χ0n) is 23.3. The summed E-state index contributed by atoms with van der Waals surface area (Å²) in [7, 11) is 1.24. The molecule has 0 unspecified atom stereocenters. The topological polar surface area (TPSA) is 111 Å². The summed E-state index contributed by atoms with van der Waals surface area (Å²) in [5, 5.41) is 5.46. The number of methoxy groups -OCH3 is 1. The predicted molar refractivity (Wildman–Crippen MR) is 160 cm³/mol. The Kier molecular flexibility index (Phi) is 11.1. The number of ether oxygens (including phenoxy) is 1. The quantitative estimate of drug-likeness (QED) is 0.173. The van der Waals surface area contributed by atoms with Crippen LogP contribution in [0.25, 0.3) is 0 Å². The molecule has 4 N–H and O–H groups in total. The number of hydrogen-bond donors (Lipinski definition) is 3. The number of carbonyl (C=O) groups excluding carboxylic acids is 3. The van der Waals surface area contributed by atoms with Gasteiger partial charge in [0, 0.05) is 5.75 Å². The van der Waals surface area contributed by atoms with E-state index in [2.05, 4.69) is 47.0 Å². The van der Waals surface area contributed by atoms with Gasteiger partial charge in [0.25, 0.3) is 0 Å². The van der Waals surface area contributed by atoms with E-state index in [1.165, 1.54) is 24.9 Å². The standard InChI is InChI=1S/C32H37N3O4S/c1-5-26(31(38)39-4)34-29(36)27(35-30(37)28(33)22(2)3)21-40-32(23-15-9-6-10-16-23,24-17-11-7-12-18-24)25-19-13-8-14-20-25/h5-20,22,27-28H,21,33H2,1-4H3,(H,34,36)(H,35,37)/t27-,28-/m1/s1. The van der Waals surface area contributed by atoms with Gasteiger partial charge in [0.1, 0.15) is 11.7 Å². The summed E-state index contributed by atoms with van der Waals surface area (Å²) in [4.78, 5) is 38.8. The van der Waals surface area contributed by atoms with Gasteiger partial charge in [-0.25, -0.2) is 4.79 Å². The molecule has 2 atom stereocenters. The Balaban J connectivity index is 2.08. The number of esters is 1. The maximum atomic E-state index is 13.6. The van der Waals surface area contributed by atoms with Crippen molar-refractivity contribution in [2.24, 2.45) is 11.7 Å². The highest BCUT2D eigenvalue weighted by Crippen LogP contribution is 2.48. The van der Waals surface area contributed by atoms with Gasteiger partial charge < -0.3 is 21.1 Å². The number of hydrogen-bond acceptors (Lipinski definition) is 6. The lowest BCUT2D eigenvalue weighted by Crippen LogP contribution is -2.54. The van der Waals surface area contributed by atoms with Crippen LogP contribution in [0.15, 0.2) is 103 Å². The van der Waals surface area contributed by atoms with Gasteiger partial charge >= 0.3 is 5.97 Å². The molecule has 0 spiro atoms. The van der Waals surface area contributed by atoms with Crippen LogP contribution in [0, 0.1) is 5.92 Å². The van der Waals surface area contributed by atoms with Crippen molar-refractivity contribution < 1.29 is 19.1 Å². The molecule has 0 radical (unpaired) electrons. The van der Waals surface area contributed by atoms with Crippen LogP contribution in [0.1, 0.15) is 37.5 Å². The Morgan fingerprint density at radius 2 is 1.30 bits per heavy atom. The van der Waals surface area contributed by atoms with E-state index in [0.29, 0.717) is 0 Å². The lowest BCUT2D eigenvalue weighted by atomic mass is 9.84. The highest BCUT2D eigenvalue weighted by molar-refractivity contribution is 8.00. The Bertz CT molecular complexity index is 1200. The number of thioether (sulfide) groups is 1. The third-order valence-electron chi connectivity index (χ3n) is 6.61. The molecule has 0 aliphatic rings. The first-order chi connectivity index (χ1) is 19.2. The highest BCUT2D eigenvalue weighted by atomic mass is 32.2. The van der Waals surface area contributed by atoms with Gasteiger partial charge in [-0.3, -0.25) is 9.59 Å². The van der Waals surface area contributed by atoms with Gasteiger partial charge in [0.15, 0.2) is 0 Å². The van der Waals surface area contributed by atoms with Crippen LogP contribution in [0.3, 0.4) is 0 Å². The second-order valence-electron chi connectivity index (χ2n) is 9.60. The minimum Gasteiger partial charge on any atom is -0.464 e. The molecule has 0 aliphatic heterocycles. The average Bonchev–Trinajstić information content (AvgIpc) is 3.00. The molecular formula is C32H37N3O4S. The fourth-order valence-electron chi connectivity index (χ4n) is 4.30. The third kappa shape index (κ3) is 7.20. The van der Waals surface area contributed by atoms with E-state index < -0.39 is 34.6 Å². The Labute approximate surface area is 240 Å². The molecule has 8 heteroatoms. The van der Waals surface area contributed by atoms with Crippen molar-refractivity contribution in [3.05, 3.63) is 119 Å². The van der Waals surface area contributed by atoms with Crippen molar-refractivity contribution in [2.45, 2.75) is 37.6 Å². The number of amides is 2. The van der Waals surface area contributed by atoms with E-state index in [1.54, 1.807) is 6.92 Å². The van der Waals surface area contributed by atoms with Gasteiger partial charge in [-0.1, -0.05) is 111 Å². The van der Waals surface area contributed by atoms with Crippen LogP contribution >= 0.6 is 11.8 Å². The first-order valence-corrected chi connectivity index (χ1v) is 14.1. The molecule has 3 aromatic carbocycles. The monoisotopic (exact) mass is 559 g/mol. The van der Waals surface area contributed by atoms with Crippen LogP contribution in [-0.4, -0.2) is 42.7 Å². The van der Waals surface area contributed by atoms with Gasteiger partial charge in [0.2, 0.25) is 11.8 Å². The Morgan fingerprint density at radius 1 is 0.850 bits per heavy atom. The van der Waals surface area contributed by atoms with Crippen LogP contribution in [0.2, 0.25) is 0 Å². The van der Waals surface area contributed by atoms with E-state index in [1.807, 2.05) is 68.4 Å². The Hall–Kier alpha value is -3.88. The summed E-state index contributed by atoms with van der Waals surface area (Å²) >= 11 is 1.52. The van der Waals surface area contributed by atoms with Gasteiger partial charge in [-0.15, -0.1) is 11.8 Å². The zero-order chi connectivity index (χ0) is 29.1. The van der Waals surface area contributed by atoms with Gasteiger partial charge in [0.05, 0.1) is 17.9 Å². The predicted octanol–water partition coefficient (Wildman–Crippen LogP) is 4.37. The molecule has 7 nitrogen and oxygen atoms in total. The highest BCUT2D eigenvalue weighted by Gasteiger charge is 2.39. The normalized spacial score (nSPS) is 13.3. The molecule has 210 valence electrons. The summed E-state index contributed by atoms with van der Waals surface area (Å²) in [6.07, 6.45) is 1.46. The fourth-order valence-corrected chi connectivity index (χ4v) is 5.86. The number of allylic oxidation sites excluding steroid dienone is 1. The minimum absolute atomic E-state index is 0.00894. The molecule has 3 rings (SSSR count). The van der Waals surface area contributed by atoms with E-state index in [4.69, 9.17) is 10.5 Å². The molecule has 0 aliphatic carbocycles. The number of rotatable bonds is 12. The first-order valence-electron chi connectivity index (χ1n) is 13.2. The van der Waals surface area contributed by atoms with Crippen molar-refractivity contribution >= 4 is 29.5 Å². The number of benzene rings is 3. The summed E-state index contributed by atoms with van der Waals surface area (Å²) < 4.78 is 4.08. The summed E-state index contributed by atoms with van der Waals surface area (Å²) in [5.41, 5.74) is 9.17. The van der Waals surface area contributed by atoms with Crippen molar-refractivity contribution in [2.75, 3.05) is 12.9 Å². The van der Waals surface area contributed by atoms with E-state index in [-0.39, 0.29) is 17.4 Å². The molecule has 0 heterocycles. The lowest BCUT2D eigenvalue weighted by Gasteiger charge is -2.36. The number of carbonyl (C=O) groups is 3. The molecule has 0 bridgehead atoms. The SMILES string of the molecule is CC=C(NC(=O)[C@@H](CSC(c1ccccc1)(c1ccccc1)c1ccccc1)NC(=O)[C@H](N)C(C)C)C(=O)OC. The maximum absolute atomic E-state index is 13.6. The largest absolute Gasteiger partial charge is 0.464 e. The molecular weight excluding hydrogens is 522 g/mol. The first kappa shape index (κ1) is 30.7. The molecule has 0 saturated heterocycles. The van der Waals surface area contributed by atoms with Crippen LogP contribution in [0.5, 0.6) is 0 Å². The molecule has 0 fully saturated rings. The zero-order valence-corrected chi connectivity index (χ0v) is 24.1. The van der Waals surface area contributed by atoms with Crippen molar-refractivity contribution in [1.29, 1.82) is 0 Å². The second kappa shape index (κ2) is 14.5. The number of nitrogens with two attached hydrogens (primary N) is 1. The number of nitrogens with one attached hydrogen (secondary N) is 2. The summed E-state index contributed by atoms with van der Waals surface area (Å²) in [6, 6.07) is 28.4. The van der Waals surface area contributed by atoms with Crippen LogP contribution in [0.4, 0.5) is 0 Å². The van der Waals surface area contributed by atoms with Crippen LogP contribution in [-0.2, 0) is 23.9 Å². The minimum atomic E-state index is -1.00. The molecule has 0 saturated carbocycles. The second-order valence-corrected chi connectivity index (χ2v) is 10.8. The smallest absolute Gasteiger partial charge is 0.354 e. The third-order valence-corrected chi connectivity index (χ3v) is 8.25. The van der Waals surface area contributed by atoms with Gasteiger partial charge in [-0.2, -0.15) is 0 Å². The maximum Gasteiger partial charge on any atom is 0.354 e. The Morgan fingerprint density at radius 3 is 1.68 bits per heavy atom. The lowest BCUT2D eigenvalue weighted by molar-refractivity contribution is -0.138. The van der Waals surface area contributed by atoms with E-state index in [0.717, 1.165) is 16.7 Å². The fraction of sp³-hybridized carbons (Fsp3) is 0.281. The molecule has 0 aromatic heterocycles. The summed E-state index contributed by atoms with van der Waals surface area (Å²) in [5.74, 6) is -1.62. The van der Waals surface area contributed by atoms with Gasteiger partial charge in [-0.05, 0) is 29.5 Å². The molecule has 40 heavy (non-hydrogen) atoms. The van der Waals surface area contributed by atoms with Crippen molar-refractivity contribution in [1.82, 2.24) is 10.6 Å². The van der Waals surface area contributed by atoms with Crippen LogP contribution < -0.4 is 16.4 Å². The van der Waals surface area contributed by atoms with Crippen molar-refractivity contribution in [3.8, 4) is 0 Å². The summed E-state index contributed by atoms with van der Waals surface area (Å²) in [6.45, 7) is 5.30. The molecule has 2 amide bonds. The average molecular weight is 560 g/mol. The van der Waals surface area contributed by atoms with E-state index >= 15 is 0 Å². The van der Waals surface area contributed by atoms with E-state index in [9.17, 15) is 14.4 Å². The molecule has 3 aromatic rings. The van der Waals surface area contributed by atoms with Crippen molar-refractivity contribution in [3.63, 3.8) is 0 Å².